The van der Waals surface area contributed by atoms with Crippen molar-refractivity contribution in [3.63, 3.8) is 0 Å². The van der Waals surface area contributed by atoms with Crippen LogP contribution in [0.3, 0.4) is 0 Å². The molecule has 1 aliphatic heterocycles. The third-order valence-corrected chi connectivity index (χ3v) is 3.19. The topological polar surface area (TPSA) is 32.3 Å². The van der Waals surface area contributed by atoms with Crippen molar-refractivity contribution in [3.8, 4) is 0 Å². The van der Waals surface area contributed by atoms with Gasteiger partial charge in [0, 0.05) is 29.6 Å². The fourth-order valence-electron chi connectivity index (χ4n) is 3.56. The number of amides is 1. The van der Waals surface area contributed by atoms with Crippen molar-refractivity contribution in [1.82, 2.24) is 10.2 Å². The Morgan fingerprint density at radius 3 is 2.06 bits per heavy atom. The highest BCUT2D eigenvalue weighted by Gasteiger charge is 2.46. The van der Waals surface area contributed by atoms with E-state index in [1.165, 1.54) is 0 Å². The van der Waals surface area contributed by atoms with E-state index in [1.807, 2.05) is 0 Å². The highest BCUT2D eigenvalue weighted by Crippen LogP contribution is 2.36. The van der Waals surface area contributed by atoms with E-state index in [9.17, 15) is 4.79 Å². The van der Waals surface area contributed by atoms with Gasteiger partial charge in [-0.1, -0.05) is 0 Å². The van der Waals surface area contributed by atoms with Crippen LogP contribution < -0.4 is 5.32 Å². The zero-order chi connectivity index (χ0) is 12.8. The van der Waals surface area contributed by atoms with Crippen molar-refractivity contribution in [2.45, 2.75) is 71.5 Å². The standard InChI is InChI=1S/C13H26N2O/c1-11(2,3)15-12(4,5)8-10(16)14-9-13(15,6)7/h8-9H2,1-7H3,(H,14,16). The lowest BCUT2D eigenvalue weighted by Crippen LogP contribution is -2.64. The summed E-state index contributed by atoms with van der Waals surface area (Å²) in [5.74, 6) is 0.157. The highest BCUT2D eigenvalue weighted by molar-refractivity contribution is 5.77. The van der Waals surface area contributed by atoms with Gasteiger partial charge < -0.3 is 5.32 Å². The molecule has 1 rings (SSSR count). The summed E-state index contributed by atoms with van der Waals surface area (Å²) in [6.45, 7) is 16.1. The van der Waals surface area contributed by atoms with E-state index < -0.39 is 0 Å². The third-order valence-electron chi connectivity index (χ3n) is 3.19. The minimum Gasteiger partial charge on any atom is -0.354 e. The molecule has 0 unspecified atom stereocenters. The van der Waals surface area contributed by atoms with Crippen molar-refractivity contribution < 1.29 is 4.79 Å². The first-order chi connectivity index (χ1) is 6.97. The predicted molar refractivity (Wildman–Crippen MR) is 67.4 cm³/mol. The van der Waals surface area contributed by atoms with Gasteiger partial charge >= 0.3 is 0 Å². The summed E-state index contributed by atoms with van der Waals surface area (Å²) in [4.78, 5) is 14.2. The van der Waals surface area contributed by atoms with Crippen molar-refractivity contribution in [1.29, 1.82) is 0 Å². The maximum atomic E-state index is 11.7. The molecule has 3 heteroatoms. The van der Waals surface area contributed by atoms with Crippen LogP contribution in [0.5, 0.6) is 0 Å². The number of nitrogens with one attached hydrogen (secondary N) is 1. The molecule has 0 aromatic heterocycles. The molecule has 1 fully saturated rings. The van der Waals surface area contributed by atoms with Gasteiger partial charge in [0.15, 0.2) is 0 Å². The van der Waals surface area contributed by atoms with E-state index in [-0.39, 0.29) is 22.5 Å². The number of rotatable bonds is 0. The average Bonchev–Trinajstić information content (AvgIpc) is 2.01. The Kier molecular flexibility index (Phi) is 3.14. The quantitative estimate of drug-likeness (QED) is 0.686. The second-order valence-corrected chi connectivity index (χ2v) is 7.08. The maximum absolute atomic E-state index is 11.7. The zero-order valence-electron chi connectivity index (χ0n) is 11.8. The van der Waals surface area contributed by atoms with Crippen LogP contribution in [-0.4, -0.2) is 34.0 Å². The molecule has 0 atom stereocenters. The van der Waals surface area contributed by atoms with Crippen LogP contribution in [-0.2, 0) is 4.79 Å². The second kappa shape index (κ2) is 3.73. The van der Waals surface area contributed by atoms with Gasteiger partial charge in [-0.05, 0) is 48.5 Å². The average molecular weight is 226 g/mol. The molecule has 0 radical (unpaired) electrons. The van der Waals surface area contributed by atoms with E-state index in [2.05, 4.69) is 58.7 Å². The lowest BCUT2D eigenvalue weighted by molar-refractivity contribution is -0.123. The summed E-state index contributed by atoms with van der Waals surface area (Å²) < 4.78 is 0. The summed E-state index contributed by atoms with van der Waals surface area (Å²) in [6.07, 6.45) is 0.563. The van der Waals surface area contributed by atoms with Crippen LogP contribution in [0.1, 0.15) is 54.9 Å². The molecule has 1 amide bonds. The number of hydrogen-bond donors (Lipinski definition) is 1. The fourth-order valence-corrected chi connectivity index (χ4v) is 3.56. The molecule has 0 aromatic carbocycles. The van der Waals surface area contributed by atoms with E-state index in [0.29, 0.717) is 13.0 Å². The Hall–Kier alpha value is -0.570. The largest absolute Gasteiger partial charge is 0.354 e. The van der Waals surface area contributed by atoms with Gasteiger partial charge in [0.1, 0.15) is 0 Å². The monoisotopic (exact) mass is 226 g/mol. The Morgan fingerprint density at radius 2 is 1.62 bits per heavy atom. The van der Waals surface area contributed by atoms with Crippen LogP contribution in [0.2, 0.25) is 0 Å². The minimum absolute atomic E-state index is 0.0199. The molecular formula is C13H26N2O. The molecule has 0 aliphatic carbocycles. The van der Waals surface area contributed by atoms with Crippen molar-refractivity contribution in [2.24, 2.45) is 0 Å². The van der Waals surface area contributed by atoms with Gasteiger partial charge in [-0.25, -0.2) is 0 Å². The van der Waals surface area contributed by atoms with Crippen LogP contribution in [0.25, 0.3) is 0 Å². The van der Waals surface area contributed by atoms with Gasteiger partial charge in [-0.3, -0.25) is 9.69 Å². The van der Waals surface area contributed by atoms with Crippen molar-refractivity contribution in [3.05, 3.63) is 0 Å². The van der Waals surface area contributed by atoms with E-state index >= 15 is 0 Å². The van der Waals surface area contributed by atoms with Crippen LogP contribution in [0.4, 0.5) is 0 Å². The van der Waals surface area contributed by atoms with Gasteiger partial charge in [0.2, 0.25) is 5.91 Å². The minimum atomic E-state index is -0.109. The van der Waals surface area contributed by atoms with Gasteiger partial charge in [-0.2, -0.15) is 0 Å². The number of nitrogens with zero attached hydrogens (tertiary/aromatic N) is 1. The Labute approximate surface area is 99.6 Å². The van der Waals surface area contributed by atoms with Crippen LogP contribution in [0, 0.1) is 0 Å². The summed E-state index contributed by atoms with van der Waals surface area (Å²) in [5, 5.41) is 3.01. The molecule has 0 bridgehead atoms. The van der Waals surface area contributed by atoms with E-state index in [1.54, 1.807) is 0 Å². The van der Waals surface area contributed by atoms with Gasteiger partial charge in [-0.15, -0.1) is 0 Å². The zero-order valence-corrected chi connectivity index (χ0v) is 11.8. The normalized spacial score (nSPS) is 26.1. The number of carbonyl (C=O) groups is 1. The molecule has 1 N–H and O–H groups in total. The van der Waals surface area contributed by atoms with E-state index in [0.717, 1.165) is 0 Å². The molecule has 3 nitrogen and oxygen atoms in total. The summed E-state index contributed by atoms with van der Waals surface area (Å²) >= 11 is 0. The molecule has 1 saturated heterocycles. The smallest absolute Gasteiger partial charge is 0.221 e. The predicted octanol–water partition coefficient (Wildman–Crippen LogP) is 2.16. The molecular weight excluding hydrogens is 200 g/mol. The summed E-state index contributed by atoms with van der Waals surface area (Å²) in [5.41, 5.74) is -0.0739. The lowest BCUT2D eigenvalue weighted by atomic mass is 9.85. The SMILES string of the molecule is CC(C)(C)N1C(C)(C)CNC(=O)CC1(C)C. The molecule has 94 valence electrons. The first-order valence-electron chi connectivity index (χ1n) is 6.04. The first kappa shape index (κ1) is 13.5. The Balaban J connectivity index is 3.19. The molecule has 1 heterocycles. The van der Waals surface area contributed by atoms with Gasteiger partial charge in [0.25, 0.3) is 0 Å². The Morgan fingerprint density at radius 1 is 1.12 bits per heavy atom. The van der Waals surface area contributed by atoms with Gasteiger partial charge in [0.05, 0.1) is 0 Å². The molecule has 16 heavy (non-hydrogen) atoms. The molecule has 0 aromatic rings. The first-order valence-corrected chi connectivity index (χ1v) is 6.04. The third kappa shape index (κ3) is 2.57. The van der Waals surface area contributed by atoms with Crippen LogP contribution in [0.15, 0.2) is 0 Å². The van der Waals surface area contributed by atoms with Crippen molar-refractivity contribution in [2.75, 3.05) is 6.54 Å². The fraction of sp³-hybridized carbons (Fsp3) is 0.923. The molecule has 0 saturated carbocycles. The second-order valence-electron chi connectivity index (χ2n) is 7.08. The molecule has 1 aliphatic rings. The highest BCUT2D eigenvalue weighted by atomic mass is 16.1. The summed E-state index contributed by atoms with van der Waals surface area (Å²) in [7, 11) is 0. The number of hydrogen-bond acceptors (Lipinski definition) is 2. The maximum Gasteiger partial charge on any atom is 0.221 e. The number of carbonyl (C=O) groups excluding carboxylic acids is 1. The van der Waals surface area contributed by atoms with E-state index in [4.69, 9.17) is 0 Å². The van der Waals surface area contributed by atoms with Crippen molar-refractivity contribution >= 4 is 5.91 Å². The summed E-state index contributed by atoms with van der Waals surface area (Å²) in [6, 6.07) is 0. The lowest BCUT2D eigenvalue weighted by Gasteiger charge is -2.54. The Bertz CT molecular complexity index is 287. The van der Waals surface area contributed by atoms with Crippen LogP contribution >= 0.6 is 0 Å². The molecule has 0 spiro atoms.